The number of carboxylic acid groups (broad SMARTS) is 1. The highest BCUT2D eigenvalue weighted by Crippen LogP contribution is 2.34. The predicted molar refractivity (Wildman–Crippen MR) is 81.1 cm³/mol. The summed E-state index contributed by atoms with van der Waals surface area (Å²) in [6.45, 7) is 4.52. The van der Waals surface area contributed by atoms with E-state index >= 15 is 0 Å². The average molecular weight is 289 g/mol. The van der Waals surface area contributed by atoms with Gasteiger partial charge in [-0.1, -0.05) is 43.2 Å². The van der Waals surface area contributed by atoms with Gasteiger partial charge in [0.25, 0.3) is 0 Å². The number of hydrogen-bond donors (Lipinski definition) is 1. The van der Waals surface area contributed by atoms with Gasteiger partial charge >= 0.3 is 5.97 Å². The first-order valence-electron chi connectivity index (χ1n) is 7.59. The van der Waals surface area contributed by atoms with Crippen LogP contribution >= 0.6 is 0 Å². The number of likely N-dealkylation sites (tertiary alicyclic amines) is 1. The number of nitrogens with zero attached hydrogens (tertiary/aromatic N) is 1. The Kier molecular flexibility index (Phi) is 4.66. The predicted octanol–water partition coefficient (Wildman–Crippen LogP) is 2.78. The minimum Gasteiger partial charge on any atom is -0.479 e. The van der Waals surface area contributed by atoms with E-state index in [1.807, 2.05) is 38.1 Å². The smallest absolute Gasteiger partial charge is 0.329 e. The molecule has 0 bridgehead atoms. The van der Waals surface area contributed by atoms with E-state index in [1.165, 1.54) is 0 Å². The van der Waals surface area contributed by atoms with Crippen molar-refractivity contribution in [3.8, 4) is 0 Å². The molecule has 2 rings (SSSR count). The van der Waals surface area contributed by atoms with Gasteiger partial charge in [0.2, 0.25) is 5.91 Å². The van der Waals surface area contributed by atoms with Gasteiger partial charge in [-0.3, -0.25) is 4.79 Å². The number of carbonyl (C=O) groups is 2. The lowest BCUT2D eigenvalue weighted by Gasteiger charge is -2.34. The minimum atomic E-state index is -0.990. The molecule has 1 saturated heterocycles. The number of carboxylic acids is 1. The highest BCUT2D eigenvalue weighted by molar-refractivity contribution is 5.88. The van der Waals surface area contributed by atoms with Crippen LogP contribution in [-0.4, -0.2) is 34.0 Å². The van der Waals surface area contributed by atoms with Crippen LogP contribution in [0.5, 0.6) is 0 Å². The van der Waals surface area contributed by atoms with E-state index in [0.29, 0.717) is 19.4 Å². The third-order valence-electron chi connectivity index (χ3n) is 4.33. The van der Waals surface area contributed by atoms with Gasteiger partial charge in [-0.15, -0.1) is 0 Å². The Morgan fingerprint density at radius 2 is 1.95 bits per heavy atom. The van der Waals surface area contributed by atoms with E-state index in [0.717, 1.165) is 24.0 Å². The van der Waals surface area contributed by atoms with Gasteiger partial charge < -0.3 is 10.0 Å². The average Bonchev–Trinajstić information content (AvgIpc) is 2.87. The second-order valence-electron chi connectivity index (χ2n) is 5.90. The summed E-state index contributed by atoms with van der Waals surface area (Å²) < 4.78 is 0. The molecule has 4 nitrogen and oxygen atoms in total. The lowest BCUT2D eigenvalue weighted by Crippen LogP contribution is -2.53. The number of aliphatic carboxylic acids is 1. The van der Waals surface area contributed by atoms with E-state index in [4.69, 9.17) is 0 Å². The number of aryl methyl sites for hydroxylation is 1. The van der Waals surface area contributed by atoms with Gasteiger partial charge in [-0.2, -0.15) is 0 Å². The number of carbonyl (C=O) groups excluding carboxylic acids is 1. The van der Waals surface area contributed by atoms with Crippen molar-refractivity contribution in [2.24, 2.45) is 0 Å². The highest BCUT2D eigenvalue weighted by atomic mass is 16.4. The summed E-state index contributed by atoms with van der Waals surface area (Å²) in [6.07, 6.45) is 2.91. The molecule has 1 aromatic carbocycles. The molecule has 0 aromatic heterocycles. The summed E-state index contributed by atoms with van der Waals surface area (Å²) in [4.78, 5) is 25.9. The maximum atomic E-state index is 12.6. The number of hydrogen-bond acceptors (Lipinski definition) is 2. The molecule has 0 spiro atoms. The molecule has 0 aliphatic carbocycles. The molecule has 1 heterocycles. The number of amides is 1. The van der Waals surface area contributed by atoms with Gasteiger partial charge in [0.1, 0.15) is 5.54 Å². The van der Waals surface area contributed by atoms with Crippen molar-refractivity contribution in [1.29, 1.82) is 0 Å². The molecule has 1 aromatic rings. The van der Waals surface area contributed by atoms with Crippen molar-refractivity contribution in [2.45, 2.75) is 51.5 Å². The SMILES string of the molecule is CCCC1(C(=O)O)CCCN1C(=O)Cc1ccc(C)cc1. The zero-order chi connectivity index (χ0) is 15.5. The summed E-state index contributed by atoms with van der Waals surface area (Å²) in [5, 5.41) is 9.62. The second-order valence-corrected chi connectivity index (χ2v) is 5.90. The summed E-state index contributed by atoms with van der Waals surface area (Å²) in [5.41, 5.74) is 1.10. The molecule has 1 aliphatic rings. The number of rotatable bonds is 5. The lowest BCUT2D eigenvalue weighted by molar-refractivity contribution is -0.156. The maximum absolute atomic E-state index is 12.6. The van der Waals surface area contributed by atoms with E-state index in [1.54, 1.807) is 4.90 Å². The standard InChI is InChI=1S/C17H23NO3/c1-3-9-17(16(20)21)10-4-11-18(17)15(19)12-14-7-5-13(2)6-8-14/h5-8H,3-4,9-12H2,1-2H3,(H,20,21). The molecule has 1 N–H and O–H groups in total. The fourth-order valence-corrected chi connectivity index (χ4v) is 3.22. The Labute approximate surface area is 125 Å². The van der Waals surface area contributed by atoms with E-state index in [9.17, 15) is 14.7 Å². The molecule has 4 heteroatoms. The lowest BCUT2D eigenvalue weighted by atomic mass is 9.90. The van der Waals surface area contributed by atoms with Crippen LogP contribution in [0.2, 0.25) is 0 Å². The molecule has 114 valence electrons. The van der Waals surface area contributed by atoms with Crippen LogP contribution in [0.25, 0.3) is 0 Å². The maximum Gasteiger partial charge on any atom is 0.329 e. The quantitative estimate of drug-likeness (QED) is 0.906. The van der Waals surface area contributed by atoms with Gasteiger partial charge in [-0.25, -0.2) is 4.79 Å². The Balaban J connectivity index is 2.16. The van der Waals surface area contributed by atoms with E-state index < -0.39 is 11.5 Å². The van der Waals surface area contributed by atoms with Crippen LogP contribution in [0.1, 0.15) is 43.7 Å². The van der Waals surface area contributed by atoms with Crippen molar-refractivity contribution >= 4 is 11.9 Å². The third-order valence-corrected chi connectivity index (χ3v) is 4.33. The van der Waals surface area contributed by atoms with Gasteiger partial charge in [-0.05, 0) is 31.7 Å². The zero-order valence-corrected chi connectivity index (χ0v) is 12.8. The van der Waals surface area contributed by atoms with Crippen molar-refractivity contribution < 1.29 is 14.7 Å². The molecule has 0 saturated carbocycles. The molecule has 1 unspecified atom stereocenters. The summed E-state index contributed by atoms with van der Waals surface area (Å²) in [5.74, 6) is -0.939. The molecular weight excluding hydrogens is 266 g/mol. The van der Waals surface area contributed by atoms with Crippen LogP contribution in [-0.2, 0) is 16.0 Å². The van der Waals surface area contributed by atoms with E-state index in [2.05, 4.69) is 0 Å². The molecule has 21 heavy (non-hydrogen) atoms. The van der Waals surface area contributed by atoms with Crippen molar-refractivity contribution in [2.75, 3.05) is 6.54 Å². The Hall–Kier alpha value is -1.84. The molecular formula is C17H23NO3. The van der Waals surface area contributed by atoms with Crippen LogP contribution in [0.4, 0.5) is 0 Å². The molecule has 1 aliphatic heterocycles. The molecule has 0 radical (unpaired) electrons. The number of benzene rings is 1. The first-order chi connectivity index (χ1) is 9.99. The van der Waals surface area contributed by atoms with Gasteiger partial charge in [0.15, 0.2) is 0 Å². The zero-order valence-electron chi connectivity index (χ0n) is 12.8. The Bertz CT molecular complexity index is 523. The summed E-state index contributed by atoms with van der Waals surface area (Å²) in [7, 11) is 0. The largest absolute Gasteiger partial charge is 0.479 e. The molecule has 1 atom stereocenters. The van der Waals surface area contributed by atoms with Crippen LogP contribution in [0.15, 0.2) is 24.3 Å². The molecule has 1 fully saturated rings. The summed E-state index contributed by atoms with van der Waals surface area (Å²) >= 11 is 0. The normalized spacial score (nSPS) is 21.5. The second kappa shape index (κ2) is 6.29. The van der Waals surface area contributed by atoms with Gasteiger partial charge in [0, 0.05) is 6.54 Å². The van der Waals surface area contributed by atoms with Crippen molar-refractivity contribution in [1.82, 2.24) is 4.90 Å². The van der Waals surface area contributed by atoms with Gasteiger partial charge in [0.05, 0.1) is 6.42 Å². The summed E-state index contributed by atoms with van der Waals surface area (Å²) in [6, 6.07) is 7.82. The fourth-order valence-electron chi connectivity index (χ4n) is 3.22. The first kappa shape index (κ1) is 15.5. The third kappa shape index (κ3) is 3.09. The monoisotopic (exact) mass is 289 g/mol. The Morgan fingerprint density at radius 3 is 2.52 bits per heavy atom. The topological polar surface area (TPSA) is 57.6 Å². The highest BCUT2D eigenvalue weighted by Gasteiger charge is 2.48. The van der Waals surface area contributed by atoms with Crippen LogP contribution in [0, 0.1) is 6.92 Å². The van der Waals surface area contributed by atoms with Crippen LogP contribution in [0.3, 0.4) is 0 Å². The van der Waals surface area contributed by atoms with Crippen molar-refractivity contribution in [3.05, 3.63) is 35.4 Å². The van der Waals surface area contributed by atoms with E-state index in [-0.39, 0.29) is 12.3 Å². The van der Waals surface area contributed by atoms with Crippen LogP contribution < -0.4 is 0 Å². The first-order valence-corrected chi connectivity index (χ1v) is 7.59. The fraction of sp³-hybridized carbons (Fsp3) is 0.529. The minimum absolute atomic E-state index is 0.0767. The molecule has 1 amide bonds. The van der Waals surface area contributed by atoms with Crippen molar-refractivity contribution in [3.63, 3.8) is 0 Å². The Morgan fingerprint density at radius 1 is 1.29 bits per heavy atom.